The molecule has 1 aliphatic heterocycles. The molecule has 2 aromatic rings. The normalized spacial score (nSPS) is 18.4. The summed E-state index contributed by atoms with van der Waals surface area (Å²) in [6.45, 7) is 7.39. The Kier molecular flexibility index (Phi) is 4.41. The van der Waals surface area contributed by atoms with Crippen LogP contribution in [0.1, 0.15) is 51.3 Å². The Morgan fingerprint density at radius 2 is 2.04 bits per heavy atom. The third kappa shape index (κ3) is 3.11. The van der Waals surface area contributed by atoms with Gasteiger partial charge in [-0.15, -0.1) is 0 Å². The topological polar surface area (TPSA) is 63.9 Å². The fraction of sp³-hybridized carbons (Fsp3) is 0.529. The van der Waals surface area contributed by atoms with Gasteiger partial charge < -0.3 is 4.90 Å². The van der Waals surface area contributed by atoms with Crippen molar-refractivity contribution in [2.45, 2.75) is 45.6 Å². The van der Waals surface area contributed by atoms with Crippen LogP contribution in [0.2, 0.25) is 0 Å². The molecule has 122 valence electrons. The van der Waals surface area contributed by atoms with E-state index in [1.165, 1.54) is 0 Å². The molecule has 0 saturated carbocycles. The number of carbonyl (C=O) groups is 1. The lowest BCUT2D eigenvalue weighted by Crippen LogP contribution is -2.38. The molecule has 0 N–H and O–H groups in total. The molecule has 1 atom stereocenters. The molecule has 0 spiro atoms. The van der Waals surface area contributed by atoms with Gasteiger partial charge in [0.15, 0.2) is 0 Å². The number of likely N-dealkylation sites (tertiary alicyclic amines) is 1. The standard InChI is InChI=1S/C17H23N5O/c1-12(2)22-15(6-7-20-22)17-16(18-8-9-19-17)14-5-4-10-21(11-14)13(3)23/h6-9,12,14H,4-5,10-11H2,1-3H3. The summed E-state index contributed by atoms with van der Waals surface area (Å²) < 4.78 is 1.97. The number of nitrogens with zero attached hydrogens (tertiary/aromatic N) is 5. The largest absolute Gasteiger partial charge is 0.342 e. The van der Waals surface area contributed by atoms with Crippen LogP contribution in [0.4, 0.5) is 0 Å². The van der Waals surface area contributed by atoms with Gasteiger partial charge in [-0.1, -0.05) is 0 Å². The summed E-state index contributed by atoms with van der Waals surface area (Å²) >= 11 is 0. The van der Waals surface area contributed by atoms with Crippen LogP contribution in [0, 0.1) is 0 Å². The minimum absolute atomic E-state index is 0.132. The van der Waals surface area contributed by atoms with E-state index in [4.69, 9.17) is 0 Å². The first-order chi connectivity index (χ1) is 11.1. The molecule has 0 aliphatic carbocycles. The smallest absolute Gasteiger partial charge is 0.219 e. The average Bonchev–Trinajstić information content (AvgIpc) is 3.04. The lowest BCUT2D eigenvalue weighted by Gasteiger charge is -2.32. The van der Waals surface area contributed by atoms with Gasteiger partial charge in [0.1, 0.15) is 5.69 Å². The Morgan fingerprint density at radius 3 is 2.78 bits per heavy atom. The minimum atomic E-state index is 0.132. The molecule has 1 fully saturated rings. The third-order valence-corrected chi connectivity index (χ3v) is 4.38. The van der Waals surface area contributed by atoms with Crippen LogP contribution in [0.25, 0.3) is 11.4 Å². The van der Waals surface area contributed by atoms with Crippen LogP contribution >= 0.6 is 0 Å². The molecular weight excluding hydrogens is 290 g/mol. The number of amides is 1. The maximum atomic E-state index is 11.7. The van der Waals surface area contributed by atoms with E-state index < -0.39 is 0 Å². The van der Waals surface area contributed by atoms with E-state index in [2.05, 4.69) is 28.9 Å². The summed E-state index contributed by atoms with van der Waals surface area (Å²) in [6.07, 6.45) is 7.30. The molecule has 1 aliphatic rings. The van der Waals surface area contributed by atoms with Gasteiger partial charge in [-0.25, -0.2) is 0 Å². The molecule has 3 heterocycles. The SMILES string of the molecule is CC(=O)N1CCCC(c2nccnc2-c2ccnn2C(C)C)C1. The van der Waals surface area contributed by atoms with Crippen molar-refractivity contribution in [2.24, 2.45) is 0 Å². The lowest BCUT2D eigenvalue weighted by molar-refractivity contribution is -0.130. The Hall–Kier alpha value is -2.24. The lowest BCUT2D eigenvalue weighted by atomic mass is 9.92. The molecule has 0 bridgehead atoms. The van der Waals surface area contributed by atoms with E-state index >= 15 is 0 Å². The number of piperidine rings is 1. The van der Waals surface area contributed by atoms with Crippen molar-refractivity contribution < 1.29 is 4.79 Å². The highest BCUT2D eigenvalue weighted by Gasteiger charge is 2.27. The van der Waals surface area contributed by atoms with Gasteiger partial charge >= 0.3 is 0 Å². The van der Waals surface area contributed by atoms with Crippen molar-refractivity contribution in [3.05, 3.63) is 30.4 Å². The average molecular weight is 313 g/mol. The zero-order chi connectivity index (χ0) is 16.4. The van der Waals surface area contributed by atoms with E-state index in [0.29, 0.717) is 0 Å². The number of carbonyl (C=O) groups excluding carboxylic acids is 1. The molecule has 6 nitrogen and oxygen atoms in total. The molecule has 0 aromatic carbocycles. The Labute approximate surface area is 136 Å². The Morgan fingerprint density at radius 1 is 1.26 bits per heavy atom. The van der Waals surface area contributed by atoms with Crippen molar-refractivity contribution >= 4 is 5.91 Å². The van der Waals surface area contributed by atoms with Crippen LogP contribution < -0.4 is 0 Å². The van der Waals surface area contributed by atoms with E-state index in [-0.39, 0.29) is 17.9 Å². The maximum absolute atomic E-state index is 11.7. The van der Waals surface area contributed by atoms with Gasteiger partial charge in [-0.2, -0.15) is 5.10 Å². The second kappa shape index (κ2) is 6.48. The molecule has 1 amide bonds. The Bertz CT molecular complexity index is 694. The van der Waals surface area contributed by atoms with E-state index in [0.717, 1.165) is 43.0 Å². The molecule has 0 radical (unpaired) electrons. The second-order valence-electron chi connectivity index (χ2n) is 6.35. The Balaban J connectivity index is 1.98. The molecule has 1 unspecified atom stereocenters. The predicted molar refractivity (Wildman–Crippen MR) is 87.9 cm³/mol. The predicted octanol–water partition coefficient (Wildman–Crippen LogP) is 2.65. The number of aromatic nitrogens is 4. The summed E-state index contributed by atoms with van der Waals surface area (Å²) in [5.41, 5.74) is 2.85. The molecule has 23 heavy (non-hydrogen) atoms. The van der Waals surface area contributed by atoms with Gasteiger partial charge in [-0.3, -0.25) is 19.4 Å². The summed E-state index contributed by atoms with van der Waals surface area (Å²) in [5.74, 6) is 0.360. The molecule has 6 heteroatoms. The van der Waals surface area contributed by atoms with Gasteiger partial charge in [0, 0.05) is 50.6 Å². The summed E-state index contributed by atoms with van der Waals surface area (Å²) in [4.78, 5) is 22.8. The highest BCUT2D eigenvalue weighted by atomic mass is 16.2. The number of hydrogen-bond acceptors (Lipinski definition) is 4. The van der Waals surface area contributed by atoms with Crippen LogP contribution in [-0.2, 0) is 4.79 Å². The fourth-order valence-electron chi connectivity index (χ4n) is 3.24. The summed E-state index contributed by atoms with van der Waals surface area (Å²) in [5, 5.41) is 4.41. The minimum Gasteiger partial charge on any atom is -0.342 e. The van der Waals surface area contributed by atoms with Crippen molar-refractivity contribution in [3.8, 4) is 11.4 Å². The highest BCUT2D eigenvalue weighted by molar-refractivity contribution is 5.73. The summed E-state index contributed by atoms with van der Waals surface area (Å²) in [6, 6.07) is 2.24. The van der Waals surface area contributed by atoms with Crippen molar-refractivity contribution in [1.82, 2.24) is 24.6 Å². The van der Waals surface area contributed by atoms with Gasteiger partial charge in [0.2, 0.25) is 5.91 Å². The van der Waals surface area contributed by atoms with Gasteiger partial charge in [-0.05, 0) is 32.8 Å². The van der Waals surface area contributed by atoms with Crippen molar-refractivity contribution in [2.75, 3.05) is 13.1 Å². The third-order valence-electron chi connectivity index (χ3n) is 4.38. The van der Waals surface area contributed by atoms with Crippen LogP contribution in [0.5, 0.6) is 0 Å². The molecular formula is C17H23N5O. The van der Waals surface area contributed by atoms with Crippen molar-refractivity contribution in [1.29, 1.82) is 0 Å². The number of hydrogen-bond donors (Lipinski definition) is 0. The summed E-state index contributed by atoms with van der Waals surface area (Å²) in [7, 11) is 0. The molecule has 2 aromatic heterocycles. The van der Waals surface area contributed by atoms with Crippen LogP contribution in [0.15, 0.2) is 24.7 Å². The molecule has 1 saturated heterocycles. The van der Waals surface area contributed by atoms with E-state index in [9.17, 15) is 4.79 Å². The van der Waals surface area contributed by atoms with Crippen LogP contribution in [-0.4, -0.2) is 43.6 Å². The second-order valence-corrected chi connectivity index (χ2v) is 6.35. The quantitative estimate of drug-likeness (QED) is 0.874. The fourth-order valence-corrected chi connectivity index (χ4v) is 3.24. The first-order valence-electron chi connectivity index (χ1n) is 8.18. The molecule has 3 rings (SSSR count). The van der Waals surface area contributed by atoms with Gasteiger partial charge in [0.25, 0.3) is 0 Å². The van der Waals surface area contributed by atoms with Crippen LogP contribution in [0.3, 0.4) is 0 Å². The zero-order valence-electron chi connectivity index (χ0n) is 13.9. The zero-order valence-corrected chi connectivity index (χ0v) is 13.9. The van der Waals surface area contributed by atoms with E-state index in [1.807, 2.05) is 15.6 Å². The first-order valence-corrected chi connectivity index (χ1v) is 8.18. The number of rotatable bonds is 3. The first kappa shape index (κ1) is 15.6. The maximum Gasteiger partial charge on any atom is 0.219 e. The monoisotopic (exact) mass is 313 g/mol. The van der Waals surface area contributed by atoms with Crippen molar-refractivity contribution in [3.63, 3.8) is 0 Å². The van der Waals surface area contributed by atoms with Gasteiger partial charge in [0.05, 0.1) is 11.4 Å². The van der Waals surface area contributed by atoms with E-state index in [1.54, 1.807) is 25.5 Å². The highest BCUT2D eigenvalue weighted by Crippen LogP contribution is 2.32.